The Kier molecular flexibility index (Phi) is 5.71. The van der Waals surface area contributed by atoms with Crippen molar-refractivity contribution >= 4 is 39.0 Å². The zero-order valence-corrected chi connectivity index (χ0v) is 18.8. The predicted molar refractivity (Wildman–Crippen MR) is 116 cm³/mol. The van der Waals surface area contributed by atoms with E-state index in [0.29, 0.717) is 42.8 Å². The standard InChI is InChI=1S/C19H20Cl2N6O2S/c1-13-11-14(2)27(24-13)19-6-5-18(22-23-19)25-7-9-26(10-8-25)30(28,29)17-12-15(20)3-4-16(17)21/h3-6,11-12H,7-10H2,1-2H3. The van der Waals surface area contributed by atoms with Gasteiger partial charge in [0.15, 0.2) is 11.6 Å². The van der Waals surface area contributed by atoms with E-state index >= 15 is 0 Å². The third-order valence-electron chi connectivity index (χ3n) is 4.94. The monoisotopic (exact) mass is 466 g/mol. The van der Waals surface area contributed by atoms with Crippen molar-refractivity contribution < 1.29 is 8.42 Å². The summed E-state index contributed by atoms with van der Waals surface area (Å²) in [5.74, 6) is 1.33. The number of aryl methyl sites for hydroxylation is 2. The zero-order chi connectivity index (χ0) is 21.5. The third-order valence-corrected chi connectivity index (χ3v) is 7.55. The highest BCUT2D eigenvalue weighted by Gasteiger charge is 2.30. The van der Waals surface area contributed by atoms with Crippen LogP contribution in [0.2, 0.25) is 10.0 Å². The van der Waals surface area contributed by atoms with E-state index in [0.717, 1.165) is 11.4 Å². The van der Waals surface area contributed by atoms with Crippen molar-refractivity contribution in [3.63, 3.8) is 0 Å². The lowest BCUT2D eigenvalue weighted by molar-refractivity contribution is 0.383. The highest BCUT2D eigenvalue weighted by molar-refractivity contribution is 7.89. The summed E-state index contributed by atoms with van der Waals surface area (Å²) in [7, 11) is -3.72. The van der Waals surface area contributed by atoms with E-state index in [1.165, 1.54) is 16.4 Å². The number of aromatic nitrogens is 4. The Bertz CT molecular complexity index is 1170. The number of sulfonamides is 1. The summed E-state index contributed by atoms with van der Waals surface area (Å²) in [5, 5.41) is 13.5. The second kappa shape index (κ2) is 8.14. The van der Waals surface area contributed by atoms with Gasteiger partial charge in [0.25, 0.3) is 0 Å². The van der Waals surface area contributed by atoms with Crippen LogP contribution in [0.15, 0.2) is 41.3 Å². The Morgan fingerprint density at radius 2 is 1.57 bits per heavy atom. The van der Waals surface area contributed by atoms with Crippen molar-refractivity contribution in [2.24, 2.45) is 0 Å². The molecular formula is C19H20Cl2N6O2S. The van der Waals surface area contributed by atoms with Gasteiger partial charge in [-0.3, -0.25) is 0 Å². The maximum absolute atomic E-state index is 13.0. The molecule has 3 aromatic rings. The van der Waals surface area contributed by atoms with E-state index in [9.17, 15) is 8.42 Å². The van der Waals surface area contributed by atoms with E-state index in [2.05, 4.69) is 15.3 Å². The van der Waals surface area contributed by atoms with Gasteiger partial charge in [-0.25, -0.2) is 13.1 Å². The van der Waals surface area contributed by atoms with E-state index in [1.54, 1.807) is 10.7 Å². The molecule has 1 saturated heterocycles. The first-order valence-electron chi connectivity index (χ1n) is 9.33. The Morgan fingerprint density at radius 1 is 0.900 bits per heavy atom. The van der Waals surface area contributed by atoms with Gasteiger partial charge < -0.3 is 4.90 Å². The molecule has 30 heavy (non-hydrogen) atoms. The van der Waals surface area contributed by atoms with Crippen molar-refractivity contribution in [3.8, 4) is 5.82 Å². The summed E-state index contributed by atoms with van der Waals surface area (Å²) in [4.78, 5) is 2.03. The first-order chi connectivity index (χ1) is 14.3. The second-order valence-corrected chi connectivity index (χ2v) is 9.80. The fraction of sp³-hybridized carbons (Fsp3) is 0.316. The summed E-state index contributed by atoms with van der Waals surface area (Å²) >= 11 is 12.1. The van der Waals surface area contributed by atoms with Gasteiger partial charge in [-0.1, -0.05) is 23.2 Å². The van der Waals surface area contributed by atoms with Gasteiger partial charge in [-0.2, -0.15) is 9.40 Å². The van der Waals surface area contributed by atoms with Gasteiger partial charge in [0.2, 0.25) is 10.0 Å². The number of halogens is 2. The van der Waals surface area contributed by atoms with Crippen LogP contribution in [-0.2, 0) is 10.0 Å². The molecule has 2 aromatic heterocycles. The molecule has 0 N–H and O–H groups in total. The van der Waals surface area contributed by atoms with Crippen LogP contribution in [0.5, 0.6) is 0 Å². The van der Waals surface area contributed by atoms with Crippen LogP contribution < -0.4 is 4.90 Å². The molecule has 8 nitrogen and oxygen atoms in total. The molecule has 1 aromatic carbocycles. The van der Waals surface area contributed by atoms with Crippen LogP contribution in [0.1, 0.15) is 11.4 Å². The molecule has 4 rings (SSSR count). The van der Waals surface area contributed by atoms with Crippen molar-refractivity contribution in [1.82, 2.24) is 24.3 Å². The van der Waals surface area contributed by atoms with Gasteiger partial charge in [0, 0.05) is 36.9 Å². The number of hydrogen-bond donors (Lipinski definition) is 0. The van der Waals surface area contributed by atoms with E-state index in [-0.39, 0.29) is 9.92 Å². The van der Waals surface area contributed by atoms with Crippen LogP contribution in [0.4, 0.5) is 5.82 Å². The lowest BCUT2D eigenvalue weighted by Gasteiger charge is -2.34. The number of rotatable bonds is 4. The Morgan fingerprint density at radius 3 is 2.17 bits per heavy atom. The number of nitrogens with zero attached hydrogens (tertiary/aromatic N) is 6. The Hall–Kier alpha value is -2.20. The summed E-state index contributed by atoms with van der Waals surface area (Å²) < 4.78 is 29.1. The van der Waals surface area contributed by atoms with Gasteiger partial charge in [-0.15, -0.1) is 10.2 Å². The first-order valence-corrected chi connectivity index (χ1v) is 11.5. The van der Waals surface area contributed by atoms with Gasteiger partial charge in [0.05, 0.1) is 10.7 Å². The smallest absolute Gasteiger partial charge is 0.244 e. The van der Waals surface area contributed by atoms with E-state index in [4.69, 9.17) is 23.2 Å². The lowest BCUT2D eigenvalue weighted by atomic mass is 10.3. The Labute approximate surface area is 185 Å². The molecular weight excluding hydrogens is 447 g/mol. The predicted octanol–water partition coefficient (Wildman–Crippen LogP) is 3.10. The van der Waals surface area contributed by atoms with Crippen LogP contribution in [-0.4, -0.2) is 58.9 Å². The summed E-state index contributed by atoms with van der Waals surface area (Å²) in [6.07, 6.45) is 0. The summed E-state index contributed by atoms with van der Waals surface area (Å²) in [6, 6.07) is 10.1. The molecule has 0 radical (unpaired) electrons. The normalized spacial score (nSPS) is 15.5. The quantitative estimate of drug-likeness (QED) is 0.587. The highest BCUT2D eigenvalue weighted by Crippen LogP contribution is 2.28. The van der Waals surface area contributed by atoms with Gasteiger partial charge >= 0.3 is 0 Å². The molecule has 1 aliphatic rings. The largest absolute Gasteiger partial charge is 0.352 e. The maximum Gasteiger partial charge on any atom is 0.244 e. The molecule has 3 heterocycles. The van der Waals surface area contributed by atoms with E-state index in [1.807, 2.05) is 36.9 Å². The SMILES string of the molecule is Cc1cc(C)n(-c2ccc(N3CCN(S(=O)(=O)c4cc(Cl)ccc4Cl)CC3)nn2)n1. The average molecular weight is 467 g/mol. The van der Waals surface area contributed by atoms with Gasteiger partial charge in [0.1, 0.15) is 4.90 Å². The maximum atomic E-state index is 13.0. The minimum Gasteiger partial charge on any atom is -0.352 e. The van der Waals surface area contributed by atoms with Crippen molar-refractivity contribution in [2.75, 3.05) is 31.1 Å². The number of piperazine rings is 1. The molecule has 0 atom stereocenters. The minimum absolute atomic E-state index is 0.0270. The van der Waals surface area contributed by atoms with Crippen molar-refractivity contribution in [3.05, 3.63) is 57.8 Å². The molecule has 0 unspecified atom stereocenters. The molecule has 1 fully saturated rings. The molecule has 0 saturated carbocycles. The number of benzene rings is 1. The topological polar surface area (TPSA) is 84.2 Å². The minimum atomic E-state index is -3.72. The summed E-state index contributed by atoms with van der Waals surface area (Å²) in [5.41, 5.74) is 1.89. The second-order valence-electron chi connectivity index (χ2n) is 7.05. The lowest BCUT2D eigenvalue weighted by Crippen LogP contribution is -2.49. The molecule has 1 aliphatic heterocycles. The number of hydrogen-bond acceptors (Lipinski definition) is 6. The van der Waals surface area contributed by atoms with Crippen LogP contribution in [0, 0.1) is 13.8 Å². The van der Waals surface area contributed by atoms with Crippen LogP contribution in [0.25, 0.3) is 5.82 Å². The third kappa shape index (κ3) is 4.02. The van der Waals surface area contributed by atoms with Crippen LogP contribution in [0.3, 0.4) is 0 Å². The number of anilines is 1. The van der Waals surface area contributed by atoms with E-state index < -0.39 is 10.0 Å². The summed E-state index contributed by atoms with van der Waals surface area (Å²) in [6.45, 7) is 5.49. The molecule has 0 aliphatic carbocycles. The molecule has 0 bridgehead atoms. The zero-order valence-electron chi connectivity index (χ0n) is 16.5. The first kappa shape index (κ1) is 21.0. The fourth-order valence-electron chi connectivity index (χ4n) is 3.43. The fourth-order valence-corrected chi connectivity index (χ4v) is 5.59. The molecule has 158 valence electrons. The van der Waals surface area contributed by atoms with Gasteiger partial charge in [-0.05, 0) is 50.2 Å². The molecule has 0 spiro atoms. The van der Waals surface area contributed by atoms with Crippen LogP contribution >= 0.6 is 23.2 Å². The average Bonchev–Trinajstić information content (AvgIpc) is 3.08. The van der Waals surface area contributed by atoms with Crippen molar-refractivity contribution in [2.45, 2.75) is 18.7 Å². The molecule has 0 amide bonds. The Balaban J connectivity index is 1.47. The molecule has 11 heteroatoms. The highest BCUT2D eigenvalue weighted by atomic mass is 35.5. The van der Waals surface area contributed by atoms with Crippen molar-refractivity contribution in [1.29, 1.82) is 0 Å².